The van der Waals surface area contributed by atoms with Gasteiger partial charge in [-0.1, -0.05) is 26.0 Å². The number of anilines is 1. The maximum absolute atomic E-state index is 13.9. The Labute approximate surface area is 129 Å². The molecule has 1 heterocycles. The van der Waals surface area contributed by atoms with E-state index >= 15 is 0 Å². The predicted octanol–water partition coefficient (Wildman–Crippen LogP) is 3.81. The molecule has 0 aliphatic rings. The summed E-state index contributed by atoms with van der Waals surface area (Å²) in [5.41, 5.74) is 1.63. The summed E-state index contributed by atoms with van der Waals surface area (Å²) in [6, 6.07) is 7.33. The zero-order chi connectivity index (χ0) is 15.2. The second-order valence-electron chi connectivity index (χ2n) is 5.23. The molecule has 0 atom stereocenters. The summed E-state index contributed by atoms with van der Waals surface area (Å²) in [4.78, 5) is 6.62. The number of nitrogens with zero attached hydrogens (tertiary/aromatic N) is 2. The van der Waals surface area contributed by atoms with E-state index in [1.54, 1.807) is 17.4 Å². The second kappa shape index (κ2) is 7.52. The van der Waals surface area contributed by atoms with Gasteiger partial charge in [0, 0.05) is 24.5 Å². The fourth-order valence-electron chi connectivity index (χ4n) is 2.07. The van der Waals surface area contributed by atoms with Crippen LogP contribution < -0.4 is 10.2 Å². The van der Waals surface area contributed by atoms with E-state index in [0.29, 0.717) is 18.3 Å². The molecule has 0 aliphatic heterocycles. The molecule has 2 rings (SSSR count). The molecule has 0 amide bonds. The van der Waals surface area contributed by atoms with E-state index in [9.17, 15) is 4.39 Å². The summed E-state index contributed by atoms with van der Waals surface area (Å²) in [5, 5.41) is 6.49. The SMILES string of the molecule is CCN(Cc1csc(CNC(C)C)n1)c1ccccc1F. The van der Waals surface area contributed by atoms with Gasteiger partial charge >= 0.3 is 0 Å². The van der Waals surface area contributed by atoms with Gasteiger partial charge in [-0.2, -0.15) is 0 Å². The maximum atomic E-state index is 13.9. The number of hydrogen-bond acceptors (Lipinski definition) is 4. The van der Waals surface area contributed by atoms with Crippen LogP contribution in [0.2, 0.25) is 0 Å². The van der Waals surface area contributed by atoms with Gasteiger partial charge in [-0.05, 0) is 19.1 Å². The van der Waals surface area contributed by atoms with Gasteiger partial charge in [-0.3, -0.25) is 0 Å². The number of rotatable bonds is 7. The molecule has 2 aromatic rings. The first-order valence-electron chi connectivity index (χ1n) is 7.26. The Morgan fingerprint density at radius 1 is 1.33 bits per heavy atom. The van der Waals surface area contributed by atoms with Gasteiger partial charge in [-0.15, -0.1) is 11.3 Å². The van der Waals surface area contributed by atoms with E-state index < -0.39 is 0 Å². The molecule has 21 heavy (non-hydrogen) atoms. The molecule has 1 aromatic heterocycles. The number of para-hydroxylation sites is 1. The van der Waals surface area contributed by atoms with Crippen molar-refractivity contribution in [2.45, 2.75) is 39.9 Å². The van der Waals surface area contributed by atoms with Crippen LogP contribution in [0.25, 0.3) is 0 Å². The normalized spacial score (nSPS) is 11.1. The van der Waals surface area contributed by atoms with Crippen LogP contribution in [0.1, 0.15) is 31.5 Å². The standard InChI is InChI=1S/C16H22FN3S/c1-4-20(15-8-6-5-7-14(15)17)10-13-11-21-16(19-13)9-18-12(2)3/h5-8,11-12,18H,4,9-10H2,1-3H3. The Kier molecular flexibility index (Phi) is 5.70. The summed E-state index contributed by atoms with van der Waals surface area (Å²) < 4.78 is 13.9. The first-order chi connectivity index (χ1) is 10.1. The molecule has 1 N–H and O–H groups in total. The van der Waals surface area contributed by atoms with Crippen LogP contribution in [-0.2, 0) is 13.1 Å². The average molecular weight is 307 g/mol. The van der Waals surface area contributed by atoms with Crippen LogP contribution >= 0.6 is 11.3 Å². The van der Waals surface area contributed by atoms with Crippen molar-refractivity contribution >= 4 is 17.0 Å². The summed E-state index contributed by atoms with van der Waals surface area (Å²) in [7, 11) is 0. The first kappa shape index (κ1) is 15.9. The predicted molar refractivity (Wildman–Crippen MR) is 87.2 cm³/mol. The lowest BCUT2D eigenvalue weighted by Crippen LogP contribution is -2.24. The van der Waals surface area contributed by atoms with E-state index in [0.717, 1.165) is 23.8 Å². The smallest absolute Gasteiger partial charge is 0.146 e. The molecule has 0 aliphatic carbocycles. The van der Waals surface area contributed by atoms with Crippen molar-refractivity contribution < 1.29 is 4.39 Å². The highest BCUT2D eigenvalue weighted by atomic mass is 32.1. The van der Waals surface area contributed by atoms with Gasteiger partial charge in [0.05, 0.1) is 17.9 Å². The van der Waals surface area contributed by atoms with E-state index in [2.05, 4.69) is 29.5 Å². The van der Waals surface area contributed by atoms with Crippen molar-refractivity contribution in [1.82, 2.24) is 10.3 Å². The third-order valence-corrected chi connectivity index (χ3v) is 4.09. The molecule has 0 bridgehead atoms. The topological polar surface area (TPSA) is 28.2 Å². The van der Waals surface area contributed by atoms with E-state index in [4.69, 9.17) is 0 Å². The minimum Gasteiger partial charge on any atom is -0.364 e. The highest BCUT2D eigenvalue weighted by molar-refractivity contribution is 7.09. The average Bonchev–Trinajstić information content (AvgIpc) is 2.91. The summed E-state index contributed by atoms with van der Waals surface area (Å²) >= 11 is 1.65. The van der Waals surface area contributed by atoms with Crippen LogP contribution in [0.15, 0.2) is 29.6 Å². The molecular weight excluding hydrogens is 285 g/mol. The zero-order valence-electron chi connectivity index (χ0n) is 12.8. The molecular formula is C16H22FN3S. The Morgan fingerprint density at radius 3 is 2.76 bits per heavy atom. The summed E-state index contributed by atoms with van der Waals surface area (Å²) in [6.45, 7) is 8.43. The Bertz CT molecular complexity index is 568. The Morgan fingerprint density at radius 2 is 2.10 bits per heavy atom. The minimum absolute atomic E-state index is 0.184. The molecule has 5 heteroatoms. The molecule has 114 valence electrons. The van der Waals surface area contributed by atoms with Gasteiger partial charge < -0.3 is 10.2 Å². The fraction of sp³-hybridized carbons (Fsp3) is 0.438. The van der Waals surface area contributed by atoms with Crippen LogP contribution in [0, 0.1) is 5.82 Å². The van der Waals surface area contributed by atoms with Crippen LogP contribution in [0.5, 0.6) is 0 Å². The van der Waals surface area contributed by atoms with Crippen molar-refractivity contribution in [3.63, 3.8) is 0 Å². The molecule has 0 radical (unpaired) electrons. The molecule has 0 spiro atoms. The number of halogens is 1. The Balaban J connectivity index is 2.04. The third kappa shape index (κ3) is 4.51. The fourth-order valence-corrected chi connectivity index (χ4v) is 2.80. The quantitative estimate of drug-likeness (QED) is 0.843. The van der Waals surface area contributed by atoms with Crippen molar-refractivity contribution in [3.05, 3.63) is 46.2 Å². The molecule has 0 unspecified atom stereocenters. The van der Waals surface area contributed by atoms with Crippen LogP contribution in [-0.4, -0.2) is 17.6 Å². The van der Waals surface area contributed by atoms with E-state index in [-0.39, 0.29) is 5.82 Å². The lowest BCUT2D eigenvalue weighted by molar-refractivity contribution is 0.586. The highest BCUT2D eigenvalue weighted by Crippen LogP contribution is 2.21. The summed E-state index contributed by atoms with van der Waals surface area (Å²) in [5.74, 6) is -0.184. The third-order valence-electron chi connectivity index (χ3n) is 3.19. The number of thiazole rings is 1. The molecule has 0 saturated heterocycles. The molecule has 0 saturated carbocycles. The molecule has 3 nitrogen and oxygen atoms in total. The lowest BCUT2D eigenvalue weighted by atomic mass is 10.2. The maximum Gasteiger partial charge on any atom is 0.146 e. The van der Waals surface area contributed by atoms with E-state index in [1.165, 1.54) is 6.07 Å². The van der Waals surface area contributed by atoms with Gasteiger partial charge in [0.2, 0.25) is 0 Å². The first-order valence-corrected chi connectivity index (χ1v) is 8.14. The Hall–Kier alpha value is -1.46. The zero-order valence-corrected chi connectivity index (χ0v) is 13.6. The van der Waals surface area contributed by atoms with Crippen molar-refractivity contribution in [1.29, 1.82) is 0 Å². The van der Waals surface area contributed by atoms with E-state index in [1.807, 2.05) is 24.0 Å². The lowest BCUT2D eigenvalue weighted by Gasteiger charge is -2.22. The van der Waals surface area contributed by atoms with Crippen LogP contribution in [0.4, 0.5) is 10.1 Å². The molecule has 0 fully saturated rings. The highest BCUT2D eigenvalue weighted by Gasteiger charge is 2.12. The molecule has 1 aromatic carbocycles. The summed E-state index contributed by atoms with van der Waals surface area (Å²) in [6.07, 6.45) is 0. The number of aromatic nitrogens is 1. The van der Waals surface area contributed by atoms with Crippen molar-refractivity contribution in [2.75, 3.05) is 11.4 Å². The number of benzene rings is 1. The van der Waals surface area contributed by atoms with Crippen molar-refractivity contribution in [3.8, 4) is 0 Å². The van der Waals surface area contributed by atoms with Crippen LogP contribution in [0.3, 0.4) is 0 Å². The minimum atomic E-state index is -0.184. The van der Waals surface area contributed by atoms with Gasteiger partial charge in [0.25, 0.3) is 0 Å². The monoisotopic (exact) mass is 307 g/mol. The number of hydrogen-bond donors (Lipinski definition) is 1. The number of nitrogens with one attached hydrogen (secondary N) is 1. The second-order valence-corrected chi connectivity index (χ2v) is 6.18. The van der Waals surface area contributed by atoms with Gasteiger partial charge in [-0.25, -0.2) is 9.37 Å². The largest absolute Gasteiger partial charge is 0.364 e. The van der Waals surface area contributed by atoms with Gasteiger partial charge in [0.15, 0.2) is 0 Å². The van der Waals surface area contributed by atoms with Gasteiger partial charge in [0.1, 0.15) is 10.8 Å². The van der Waals surface area contributed by atoms with Crippen molar-refractivity contribution in [2.24, 2.45) is 0 Å².